The van der Waals surface area contributed by atoms with E-state index in [1.165, 1.54) is 11.0 Å². The third kappa shape index (κ3) is 5.59. The minimum absolute atomic E-state index is 0.00339. The summed E-state index contributed by atoms with van der Waals surface area (Å²) in [5.74, 6) is -0.938. The van der Waals surface area contributed by atoms with Gasteiger partial charge in [0.15, 0.2) is 11.5 Å². The zero-order valence-corrected chi connectivity index (χ0v) is 20.8. The largest absolute Gasteiger partial charge is 0.507 e. The molecule has 2 N–H and O–H groups in total. The van der Waals surface area contributed by atoms with Crippen LogP contribution < -0.4 is 9.47 Å². The van der Waals surface area contributed by atoms with Crippen LogP contribution in [0.4, 0.5) is 0 Å². The molecule has 2 aromatic carbocycles. The SMILES string of the molecule is CCOc1cccc(C(O)=C2C(=O)C(=O)N(CCN(CC)CC)C2c2ccc(O)c(OCC)c2)c1. The smallest absolute Gasteiger partial charge is 0.295 e. The first-order valence-corrected chi connectivity index (χ1v) is 12.1. The first-order chi connectivity index (χ1) is 16.9. The molecule has 35 heavy (non-hydrogen) atoms. The molecule has 188 valence electrons. The Labute approximate surface area is 206 Å². The number of rotatable bonds is 11. The van der Waals surface area contributed by atoms with E-state index < -0.39 is 17.7 Å². The summed E-state index contributed by atoms with van der Waals surface area (Å²) in [6, 6.07) is 10.7. The first kappa shape index (κ1) is 26.1. The van der Waals surface area contributed by atoms with Gasteiger partial charge in [-0.05, 0) is 56.8 Å². The highest BCUT2D eigenvalue weighted by Gasteiger charge is 2.46. The van der Waals surface area contributed by atoms with Gasteiger partial charge in [-0.25, -0.2) is 0 Å². The van der Waals surface area contributed by atoms with Crippen molar-refractivity contribution in [1.29, 1.82) is 0 Å². The Morgan fingerprint density at radius 3 is 2.37 bits per heavy atom. The average Bonchev–Trinajstić information content (AvgIpc) is 3.11. The topological polar surface area (TPSA) is 99.5 Å². The highest BCUT2D eigenvalue weighted by atomic mass is 16.5. The van der Waals surface area contributed by atoms with Gasteiger partial charge in [0.1, 0.15) is 11.5 Å². The molecule has 8 heteroatoms. The van der Waals surface area contributed by atoms with Crippen molar-refractivity contribution in [2.75, 3.05) is 39.4 Å². The highest BCUT2D eigenvalue weighted by Crippen LogP contribution is 2.42. The molecule has 0 aromatic heterocycles. The fourth-order valence-electron chi connectivity index (χ4n) is 4.27. The fraction of sp³-hybridized carbons (Fsp3) is 0.407. The molecule has 1 aliphatic heterocycles. The van der Waals surface area contributed by atoms with Crippen LogP contribution >= 0.6 is 0 Å². The molecule has 0 spiro atoms. The molecule has 0 aliphatic carbocycles. The standard InChI is InChI=1S/C27H34N2O6/c1-5-28(6-2)14-15-29-24(18-12-13-21(30)22(17-18)35-8-4)23(26(32)27(29)33)25(31)19-10-9-11-20(16-19)34-7-3/h9-13,16-17,24,30-31H,5-8,14-15H2,1-4H3. The van der Waals surface area contributed by atoms with Crippen LogP contribution in [-0.2, 0) is 9.59 Å². The summed E-state index contributed by atoms with van der Waals surface area (Å²) < 4.78 is 11.1. The number of likely N-dealkylation sites (tertiary alicyclic amines) is 1. The summed E-state index contributed by atoms with van der Waals surface area (Å²) >= 11 is 0. The van der Waals surface area contributed by atoms with Crippen molar-refractivity contribution < 1.29 is 29.3 Å². The van der Waals surface area contributed by atoms with Gasteiger partial charge in [0, 0.05) is 18.7 Å². The van der Waals surface area contributed by atoms with Gasteiger partial charge in [0.05, 0.1) is 24.8 Å². The van der Waals surface area contributed by atoms with Gasteiger partial charge in [-0.3, -0.25) is 9.59 Å². The number of likely N-dealkylation sites (N-methyl/N-ethyl adjacent to an activating group) is 1. The second-order valence-corrected chi connectivity index (χ2v) is 8.14. The maximum Gasteiger partial charge on any atom is 0.295 e. The van der Waals surface area contributed by atoms with E-state index in [2.05, 4.69) is 4.90 Å². The quantitative estimate of drug-likeness (QED) is 0.284. The number of nitrogens with zero attached hydrogens (tertiary/aromatic N) is 2. The number of amides is 1. The number of ketones is 1. The first-order valence-electron chi connectivity index (χ1n) is 12.1. The Hall–Kier alpha value is -3.52. The van der Waals surface area contributed by atoms with Gasteiger partial charge in [0.25, 0.3) is 11.7 Å². The molecule has 2 aromatic rings. The molecule has 0 saturated carbocycles. The van der Waals surface area contributed by atoms with Gasteiger partial charge in [-0.15, -0.1) is 0 Å². The lowest BCUT2D eigenvalue weighted by molar-refractivity contribution is -0.140. The van der Waals surface area contributed by atoms with Crippen LogP contribution in [0.2, 0.25) is 0 Å². The molecular formula is C27H34N2O6. The number of hydrogen-bond acceptors (Lipinski definition) is 7. The number of aliphatic hydroxyl groups excluding tert-OH is 1. The van der Waals surface area contributed by atoms with Crippen molar-refractivity contribution in [3.8, 4) is 17.2 Å². The average molecular weight is 483 g/mol. The Morgan fingerprint density at radius 2 is 1.71 bits per heavy atom. The van der Waals surface area contributed by atoms with Crippen molar-refractivity contribution >= 4 is 17.4 Å². The number of aliphatic hydroxyl groups is 1. The molecule has 1 fully saturated rings. The second kappa shape index (κ2) is 11.8. The summed E-state index contributed by atoms with van der Waals surface area (Å²) in [7, 11) is 0. The number of carbonyl (C=O) groups is 2. The van der Waals surface area contributed by atoms with E-state index in [9.17, 15) is 19.8 Å². The van der Waals surface area contributed by atoms with Crippen LogP contribution in [0.25, 0.3) is 5.76 Å². The van der Waals surface area contributed by atoms with Gasteiger partial charge >= 0.3 is 0 Å². The number of benzene rings is 2. The van der Waals surface area contributed by atoms with Crippen LogP contribution in [0.3, 0.4) is 0 Å². The number of phenols is 1. The molecule has 1 saturated heterocycles. The molecule has 8 nitrogen and oxygen atoms in total. The van der Waals surface area contributed by atoms with Crippen molar-refractivity contribution in [2.45, 2.75) is 33.7 Å². The lowest BCUT2D eigenvalue weighted by atomic mass is 9.95. The van der Waals surface area contributed by atoms with E-state index in [4.69, 9.17) is 9.47 Å². The second-order valence-electron chi connectivity index (χ2n) is 8.14. The summed E-state index contributed by atoms with van der Waals surface area (Å²) in [5.41, 5.74) is 0.940. The van der Waals surface area contributed by atoms with Crippen LogP contribution in [0.1, 0.15) is 44.9 Å². The van der Waals surface area contributed by atoms with E-state index >= 15 is 0 Å². The molecular weight excluding hydrogens is 448 g/mol. The number of carbonyl (C=O) groups excluding carboxylic acids is 2. The Morgan fingerprint density at radius 1 is 1.00 bits per heavy atom. The summed E-state index contributed by atoms with van der Waals surface area (Å²) in [6.07, 6.45) is 0. The molecule has 1 amide bonds. The minimum Gasteiger partial charge on any atom is -0.507 e. The van der Waals surface area contributed by atoms with Crippen molar-refractivity contribution in [3.63, 3.8) is 0 Å². The van der Waals surface area contributed by atoms with Gasteiger partial charge in [-0.1, -0.05) is 32.0 Å². The highest BCUT2D eigenvalue weighted by molar-refractivity contribution is 6.46. The predicted molar refractivity (Wildman–Crippen MR) is 134 cm³/mol. The number of phenolic OH excluding ortho intramolecular Hbond substituents is 1. The van der Waals surface area contributed by atoms with E-state index in [0.29, 0.717) is 43.2 Å². The Bertz CT molecular complexity index is 1090. The molecule has 0 radical (unpaired) electrons. The molecule has 0 bridgehead atoms. The number of Topliss-reactive ketones (excluding diaryl/α,β-unsaturated/α-hetero) is 1. The third-order valence-electron chi connectivity index (χ3n) is 6.11. The van der Waals surface area contributed by atoms with Crippen molar-refractivity contribution in [1.82, 2.24) is 9.80 Å². The molecule has 3 rings (SSSR count). The summed E-state index contributed by atoms with van der Waals surface area (Å²) in [4.78, 5) is 30.1. The normalized spacial score (nSPS) is 17.3. The molecule has 1 atom stereocenters. The monoisotopic (exact) mass is 482 g/mol. The maximum absolute atomic E-state index is 13.3. The lowest BCUT2D eigenvalue weighted by Gasteiger charge is -2.28. The van der Waals surface area contributed by atoms with E-state index in [1.807, 2.05) is 20.8 Å². The third-order valence-corrected chi connectivity index (χ3v) is 6.11. The minimum atomic E-state index is -0.832. The zero-order chi connectivity index (χ0) is 25.5. The Balaban J connectivity index is 2.14. The number of ether oxygens (including phenoxy) is 2. The van der Waals surface area contributed by atoms with Crippen LogP contribution in [0, 0.1) is 0 Å². The fourth-order valence-corrected chi connectivity index (χ4v) is 4.27. The molecule has 1 unspecified atom stereocenters. The van der Waals surface area contributed by atoms with E-state index in [1.54, 1.807) is 43.3 Å². The molecule has 1 aliphatic rings. The number of aromatic hydroxyl groups is 1. The number of hydrogen-bond donors (Lipinski definition) is 2. The van der Waals surface area contributed by atoms with Gasteiger partial charge in [-0.2, -0.15) is 0 Å². The maximum atomic E-state index is 13.3. The van der Waals surface area contributed by atoms with Crippen molar-refractivity contribution in [2.24, 2.45) is 0 Å². The van der Waals surface area contributed by atoms with E-state index in [-0.39, 0.29) is 22.8 Å². The van der Waals surface area contributed by atoms with E-state index in [0.717, 1.165) is 13.1 Å². The van der Waals surface area contributed by atoms with Gasteiger partial charge < -0.3 is 29.5 Å². The summed E-state index contributed by atoms with van der Waals surface area (Å²) in [6.45, 7) is 11.0. The van der Waals surface area contributed by atoms with Gasteiger partial charge in [0.2, 0.25) is 0 Å². The summed E-state index contributed by atoms with van der Waals surface area (Å²) in [5, 5.41) is 21.5. The molecule has 1 heterocycles. The van der Waals surface area contributed by atoms with Crippen LogP contribution in [-0.4, -0.2) is 71.1 Å². The van der Waals surface area contributed by atoms with Crippen molar-refractivity contribution in [3.05, 3.63) is 59.2 Å². The predicted octanol–water partition coefficient (Wildman–Crippen LogP) is 3.95. The van der Waals surface area contributed by atoms with Crippen LogP contribution in [0.15, 0.2) is 48.0 Å². The lowest BCUT2D eigenvalue weighted by Crippen LogP contribution is -2.38. The Kier molecular flexibility index (Phi) is 8.76. The zero-order valence-electron chi connectivity index (χ0n) is 20.8. The van der Waals surface area contributed by atoms with Crippen LogP contribution in [0.5, 0.6) is 17.2 Å².